The third kappa shape index (κ3) is 3.03. The lowest BCUT2D eigenvalue weighted by Gasteiger charge is -2.40. The average molecular weight is 238 g/mol. The smallest absolute Gasteiger partial charge is 0.00989 e. The summed E-state index contributed by atoms with van der Waals surface area (Å²) in [5.41, 5.74) is 0. The van der Waals surface area contributed by atoms with Crippen molar-refractivity contribution in [3.05, 3.63) is 0 Å². The molecule has 0 aromatic carbocycles. The second-order valence-corrected chi connectivity index (χ2v) is 6.65. The third-order valence-corrected chi connectivity index (χ3v) is 5.13. The maximum Gasteiger partial charge on any atom is 0.00989 e. The summed E-state index contributed by atoms with van der Waals surface area (Å²) in [6.07, 6.45) is 8.47. The van der Waals surface area contributed by atoms with Gasteiger partial charge in [0.05, 0.1) is 0 Å². The number of fused-ring (bicyclic) bond motifs is 2. The van der Waals surface area contributed by atoms with Crippen LogP contribution in [0.4, 0.5) is 0 Å². The number of piperidine rings is 1. The van der Waals surface area contributed by atoms with E-state index in [0.29, 0.717) is 0 Å². The van der Waals surface area contributed by atoms with Crippen LogP contribution in [0.5, 0.6) is 0 Å². The molecule has 0 aromatic rings. The molecule has 0 aliphatic carbocycles. The highest BCUT2D eigenvalue weighted by Gasteiger charge is 2.40. The van der Waals surface area contributed by atoms with Gasteiger partial charge in [-0.25, -0.2) is 0 Å². The monoisotopic (exact) mass is 238 g/mol. The summed E-state index contributed by atoms with van der Waals surface area (Å²) >= 11 is 0. The van der Waals surface area contributed by atoms with Gasteiger partial charge in [0.1, 0.15) is 0 Å². The quantitative estimate of drug-likeness (QED) is 0.792. The van der Waals surface area contributed by atoms with Crippen molar-refractivity contribution in [2.24, 2.45) is 11.8 Å². The van der Waals surface area contributed by atoms with Gasteiger partial charge < -0.3 is 10.2 Å². The molecule has 2 saturated heterocycles. The van der Waals surface area contributed by atoms with Gasteiger partial charge in [0, 0.05) is 18.1 Å². The summed E-state index contributed by atoms with van der Waals surface area (Å²) < 4.78 is 0. The number of rotatable bonds is 5. The van der Waals surface area contributed by atoms with E-state index >= 15 is 0 Å². The molecule has 1 N–H and O–H groups in total. The Morgan fingerprint density at radius 3 is 2.18 bits per heavy atom. The van der Waals surface area contributed by atoms with Gasteiger partial charge in [-0.2, -0.15) is 0 Å². The molecule has 17 heavy (non-hydrogen) atoms. The summed E-state index contributed by atoms with van der Waals surface area (Å²) in [6, 6.07) is 2.52. The van der Waals surface area contributed by atoms with Crippen molar-refractivity contribution in [2.75, 3.05) is 14.1 Å². The molecule has 2 heteroatoms. The molecule has 2 heterocycles. The Hall–Kier alpha value is -0.0800. The average Bonchev–Trinajstić information content (AvgIpc) is 2.53. The molecule has 0 spiro atoms. The van der Waals surface area contributed by atoms with Crippen molar-refractivity contribution < 1.29 is 0 Å². The zero-order valence-electron chi connectivity index (χ0n) is 12.1. The number of nitrogens with zero attached hydrogens (tertiary/aromatic N) is 1. The summed E-state index contributed by atoms with van der Waals surface area (Å²) in [5, 5.41) is 3.59. The van der Waals surface area contributed by atoms with Gasteiger partial charge in [0.15, 0.2) is 0 Å². The molecule has 0 amide bonds. The zero-order valence-corrected chi connectivity index (χ0v) is 12.1. The maximum absolute atomic E-state index is 3.59. The Labute approximate surface area is 107 Å². The molecule has 0 radical (unpaired) electrons. The minimum Gasteiger partial charge on any atom is -0.317 e. The molecule has 2 aliphatic rings. The van der Waals surface area contributed by atoms with Crippen LogP contribution in [0.2, 0.25) is 0 Å². The van der Waals surface area contributed by atoms with E-state index in [2.05, 4.69) is 38.2 Å². The highest BCUT2D eigenvalue weighted by molar-refractivity contribution is 4.96. The van der Waals surface area contributed by atoms with E-state index in [1.807, 2.05) is 0 Å². The molecule has 2 rings (SSSR count). The topological polar surface area (TPSA) is 15.3 Å². The fourth-order valence-corrected chi connectivity index (χ4v) is 3.91. The van der Waals surface area contributed by atoms with E-state index in [4.69, 9.17) is 0 Å². The lowest BCUT2D eigenvalue weighted by Crippen LogP contribution is -2.46. The number of nitrogens with one attached hydrogen (secondary N) is 1. The van der Waals surface area contributed by atoms with Crippen molar-refractivity contribution in [1.29, 1.82) is 0 Å². The molecule has 2 bridgehead atoms. The van der Waals surface area contributed by atoms with Crippen molar-refractivity contribution >= 4 is 0 Å². The molecular formula is C15H30N2. The molecule has 0 aromatic heterocycles. The molecule has 100 valence electrons. The molecule has 2 aliphatic heterocycles. The van der Waals surface area contributed by atoms with Crippen molar-refractivity contribution in [3.8, 4) is 0 Å². The van der Waals surface area contributed by atoms with Crippen LogP contribution in [0.25, 0.3) is 0 Å². The number of hydrogen-bond acceptors (Lipinski definition) is 2. The van der Waals surface area contributed by atoms with Crippen LogP contribution in [0.3, 0.4) is 0 Å². The van der Waals surface area contributed by atoms with Gasteiger partial charge in [-0.15, -0.1) is 0 Å². The fourth-order valence-electron chi connectivity index (χ4n) is 3.91. The van der Waals surface area contributed by atoms with Crippen LogP contribution in [0.15, 0.2) is 0 Å². The summed E-state index contributed by atoms with van der Waals surface area (Å²) in [4.78, 5) is 2.64. The first-order chi connectivity index (χ1) is 8.11. The van der Waals surface area contributed by atoms with E-state index < -0.39 is 0 Å². The van der Waals surface area contributed by atoms with Crippen LogP contribution in [-0.4, -0.2) is 37.1 Å². The lowest BCUT2D eigenvalue weighted by molar-refractivity contribution is 0.110. The predicted octanol–water partition coefficient (Wildman–Crippen LogP) is 2.88. The predicted molar refractivity (Wildman–Crippen MR) is 74.2 cm³/mol. The van der Waals surface area contributed by atoms with Gasteiger partial charge in [-0.05, 0) is 64.5 Å². The zero-order chi connectivity index (χ0) is 12.4. The minimum atomic E-state index is 0.759. The SMILES string of the molecule is CNC(CCC(C)C)C1CC2CCC(C1)N2C. The second-order valence-electron chi connectivity index (χ2n) is 6.65. The van der Waals surface area contributed by atoms with E-state index in [0.717, 1.165) is 30.0 Å². The van der Waals surface area contributed by atoms with Crippen molar-refractivity contribution in [3.63, 3.8) is 0 Å². The van der Waals surface area contributed by atoms with Crippen LogP contribution in [0, 0.1) is 11.8 Å². The first-order valence-corrected chi connectivity index (χ1v) is 7.51. The minimum absolute atomic E-state index is 0.759. The molecular weight excluding hydrogens is 208 g/mol. The first kappa shape index (κ1) is 13.4. The first-order valence-electron chi connectivity index (χ1n) is 7.51. The lowest BCUT2D eigenvalue weighted by atomic mass is 9.82. The number of hydrogen-bond donors (Lipinski definition) is 1. The van der Waals surface area contributed by atoms with Crippen molar-refractivity contribution in [1.82, 2.24) is 10.2 Å². The molecule has 2 fully saturated rings. The van der Waals surface area contributed by atoms with Crippen molar-refractivity contribution in [2.45, 2.75) is 70.5 Å². The van der Waals surface area contributed by atoms with Gasteiger partial charge in [-0.3, -0.25) is 0 Å². The Morgan fingerprint density at radius 1 is 1.12 bits per heavy atom. The van der Waals surface area contributed by atoms with E-state index in [1.54, 1.807) is 0 Å². The largest absolute Gasteiger partial charge is 0.317 e. The standard InChI is InChI=1S/C15H30N2/c1-11(2)5-8-15(16-3)12-9-13-6-7-14(10-12)17(13)4/h11-16H,5-10H2,1-4H3. The molecule has 3 unspecified atom stereocenters. The molecule has 0 saturated carbocycles. The summed E-state index contributed by atoms with van der Waals surface area (Å²) in [7, 11) is 4.49. The highest BCUT2D eigenvalue weighted by Crippen LogP contribution is 2.39. The summed E-state index contributed by atoms with van der Waals surface area (Å²) in [6.45, 7) is 4.68. The third-order valence-electron chi connectivity index (χ3n) is 5.13. The summed E-state index contributed by atoms with van der Waals surface area (Å²) in [5.74, 6) is 1.77. The van der Waals surface area contributed by atoms with Crippen LogP contribution < -0.4 is 5.32 Å². The normalized spacial score (nSPS) is 35.5. The van der Waals surface area contributed by atoms with E-state index in [1.165, 1.54) is 38.5 Å². The Morgan fingerprint density at radius 2 is 1.71 bits per heavy atom. The van der Waals surface area contributed by atoms with Gasteiger partial charge in [0.25, 0.3) is 0 Å². The van der Waals surface area contributed by atoms with E-state index in [9.17, 15) is 0 Å². The van der Waals surface area contributed by atoms with Crippen LogP contribution >= 0.6 is 0 Å². The van der Waals surface area contributed by atoms with Gasteiger partial charge in [0.2, 0.25) is 0 Å². The van der Waals surface area contributed by atoms with Gasteiger partial charge in [-0.1, -0.05) is 13.8 Å². The Kier molecular flexibility index (Phi) is 4.48. The van der Waals surface area contributed by atoms with Crippen LogP contribution in [-0.2, 0) is 0 Å². The highest BCUT2D eigenvalue weighted by atomic mass is 15.2. The second kappa shape index (κ2) is 5.71. The van der Waals surface area contributed by atoms with Crippen LogP contribution in [0.1, 0.15) is 52.4 Å². The molecule has 3 atom stereocenters. The van der Waals surface area contributed by atoms with E-state index in [-0.39, 0.29) is 0 Å². The van der Waals surface area contributed by atoms with Gasteiger partial charge >= 0.3 is 0 Å². The Balaban J connectivity index is 1.88. The fraction of sp³-hybridized carbons (Fsp3) is 1.00. The molecule has 2 nitrogen and oxygen atoms in total. The maximum atomic E-state index is 3.59. The Bertz CT molecular complexity index is 225.